The summed E-state index contributed by atoms with van der Waals surface area (Å²) in [6, 6.07) is 5.55. The average Bonchev–Trinajstić information content (AvgIpc) is 3.33. The van der Waals surface area contributed by atoms with E-state index in [0.717, 1.165) is 5.56 Å². The van der Waals surface area contributed by atoms with Crippen molar-refractivity contribution < 1.29 is 19.1 Å². The number of thiazole rings is 1. The Labute approximate surface area is 172 Å². The molecule has 1 atom stereocenters. The monoisotopic (exact) mass is 414 g/mol. The van der Waals surface area contributed by atoms with Crippen molar-refractivity contribution in [3.8, 4) is 5.75 Å². The van der Waals surface area contributed by atoms with E-state index >= 15 is 0 Å². The molecule has 1 fully saturated rings. The second-order valence-electron chi connectivity index (χ2n) is 7.66. The van der Waals surface area contributed by atoms with Crippen LogP contribution in [0.5, 0.6) is 5.75 Å². The van der Waals surface area contributed by atoms with Crippen LogP contribution >= 0.6 is 11.3 Å². The molecule has 3 heterocycles. The molecule has 1 aromatic carbocycles. The van der Waals surface area contributed by atoms with Crippen molar-refractivity contribution in [3.63, 3.8) is 0 Å². The van der Waals surface area contributed by atoms with Gasteiger partial charge >= 0.3 is 0 Å². The molecule has 0 radical (unpaired) electrons. The number of benzene rings is 1. The lowest BCUT2D eigenvalue weighted by Gasteiger charge is -2.29. The number of carbonyl (C=O) groups is 3. The molecule has 0 bridgehead atoms. The lowest BCUT2D eigenvalue weighted by Crippen LogP contribution is -2.46. The van der Waals surface area contributed by atoms with Crippen molar-refractivity contribution in [1.29, 1.82) is 0 Å². The average molecular weight is 414 g/mol. The number of fused-ring (bicyclic) bond motifs is 1. The van der Waals surface area contributed by atoms with Gasteiger partial charge in [-0.15, -0.1) is 11.3 Å². The third-order valence-corrected chi connectivity index (χ3v) is 5.99. The normalized spacial score (nSPS) is 21.0. The van der Waals surface area contributed by atoms with E-state index in [1.54, 1.807) is 23.5 Å². The molecule has 0 aliphatic carbocycles. The minimum absolute atomic E-state index is 0.0276. The van der Waals surface area contributed by atoms with Crippen molar-refractivity contribution in [1.82, 2.24) is 15.2 Å². The summed E-state index contributed by atoms with van der Waals surface area (Å²) in [6.45, 7) is 4.46. The molecule has 2 aliphatic heterocycles. The number of aromatic nitrogens is 1. The molecule has 152 valence electrons. The summed E-state index contributed by atoms with van der Waals surface area (Å²) < 4.78 is 5.22. The van der Waals surface area contributed by atoms with E-state index in [4.69, 9.17) is 4.74 Å². The van der Waals surface area contributed by atoms with Crippen LogP contribution in [0.15, 0.2) is 23.6 Å². The lowest BCUT2D eigenvalue weighted by molar-refractivity contribution is -0.126. The molecule has 0 unspecified atom stereocenters. The molecule has 9 heteroatoms. The summed E-state index contributed by atoms with van der Waals surface area (Å²) in [5.74, 6) is -0.343. The number of amides is 3. The Morgan fingerprint density at radius 3 is 2.79 bits per heavy atom. The van der Waals surface area contributed by atoms with E-state index in [1.165, 1.54) is 11.3 Å². The second kappa shape index (κ2) is 7.14. The highest BCUT2D eigenvalue weighted by Gasteiger charge is 2.52. The fourth-order valence-corrected chi connectivity index (χ4v) is 4.74. The van der Waals surface area contributed by atoms with Crippen LogP contribution in [-0.2, 0) is 21.5 Å². The van der Waals surface area contributed by atoms with Gasteiger partial charge in [0.25, 0.3) is 5.91 Å². The van der Waals surface area contributed by atoms with Crippen molar-refractivity contribution in [2.45, 2.75) is 38.3 Å². The van der Waals surface area contributed by atoms with Crippen LogP contribution in [0.25, 0.3) is 0 Å². The zero-order chi connectivity index (χ0) is 20.8. The summed E-state index contributed by atoms with van der Waals surface area (Å²) in [6.07, 6.45) is -0.0276. The van der Waals surface area contributed by atoms with Crippen molar-refractivity contribution in [2.24, 2.45) is 0 Å². The first-order valence-corrected chi connectivity index (χ1v) is 10.2. The maximum Gasteiger partial charge on any atom is 0.254 e. The lowest BCUT2D eigenvalue weighted by atomic mass is 9.82. The third-order valence-electron chi connectivity index (χ3n) is 5.21. The van der Waals surface area contributed by atoms with Crippen LogP contribution in [-0.4, -0.2) is 47.3 Å². The van der Waals surface area contributed by atoms with Gasteiger partial charge in [0, 0.05) is 36.5 Å². The molecule has 2 N–H and O–H groups in total. The van der Waals surface area contributed by atoms with Crippen LogP contribution in [0.1, 0.15) is 41.9 Å². The molecule has 2 aliphatic rings. The van der Waals surface area contributed by atoms with Crippen molar-refractivity contribution in [2.75, 3.05) is 19.0 Å². The first-order chi connectivity index (χ1) is 13.8. The van der Waals surface area contributed by atoms with Crippen LogP contribution in [0.2, 0.25) is 0 Å². The molecular formula is C20H22N4O4S. The van der Waals surface area contributed by atoms with E-state index in [1.807, 2.05) is 26.0 Å². The zero-order valence-corrected chi connectivity index (χ0v) is 17.3. The number of carbonyl (C=O) groups excluding carboxylic acids is 3. The van der Waals surface area contributed by atoms with Gasteiger partial charge in [0.05, 0.1) is 12.8 Å². The number of imide groups is 1. The van der Waals surface area contributed by atoms with E-state index < -0.39 is 11.3 Å². The molecule has 4 rings (SSSR count). The van der Waals surface area contributed by atoms with Crippen LogP contribution in [0.4, 0.5) is 5.13 Å². The predicted octanol–water partition coefficient (Wildman–Crippen LogP) is 1.91. The molecule has 8 nitrogen and oxygen atoms in total. The summed E-state index contributed by atoms with van der Waals surface area (Å²) in [7, 11) is 1.55. The Morgan fingerprint density at radius 1 is 1.34 bits per heavy atom. The van der Waals surface area contributed by atoms with Gasteiger partial charge in [0.1, 0.15) is 11.2 Å². The van der Waals surface area contributed by atoms with Gasteiger partial charge in [0.2, 0.25) is 11.8 Å². The van der Waals surface area contributed by atoms with Gasteiger partial charge in [-0.3, -0.25) is 19.7 Å². The third kappa shape index (κ3) is 3.35. The number of hydrogen-bond donors (Lipinski definition) is 2. The van der Waals surface area contributed by atoms with Crippen LogP contribution < -0.4 is 15.4 Å². The Bertz CT molecular complexity index is 1000. The molecule has 1 saturated heterocycles. The Hall–Kier alpha value is -2.94. The number of rotatable bonds is 6. The van der Waals surface area contributed by atoms with Gasteiger partial charge in [-0.2, -0.15) is 0 Å². The minimum atomic E-state index is -1.19. The molecule has 29 heavy (non-hydrogen) atoms. The Kier molecular flexibility index (Phi) is 4.77. The first kappa shape index (κ1) is 19.4. The molecular weight excluding hydrogens is 392 g/mol. The number of ether oxygens (including phenoxy) is 1. The summed E-state index contributed by atoms with van der Waals surface area (Å²) in [5, 5.41) is 8.08. The molecule has 0 saturated carbocycles. The van der Waals surface area contributed by atoms with Gasteiger partial charge in [-0.05, 0) is 31.5 Å². The number of nitrogens with zero attached hydrogens (tertiary/aromatic N) is 2. The van der Waals surface area contributed by atoms with E-state index in [0.29, 0.717) is 28.7 Å². The fraction of sp³-hybridized carbons (Fsp3) is 0.400. The summed E-state index contributed by atoms with van der Waals surface area (Å²) >= 11 is 1.38. The number of hydrogen-bond acceptors (Lipinski definition) is 7. The van der Waals surface area contributed by atoms with Gasteiger partial charge in [-0.25, -0.2) is 4.98 Å². The van der Waals surface area contributed by atoms with E-state index in [2.05, 4.69) is 15.6 Å². The number of nitrogens with one attached hydrogen (secondary N) is 2. The Morgan fingerprint density at radius 2 is 2.14 bits per heavy atom. The number of anilines is 1. The van der Waals surface area contributed by atoms with Crippen LogP contribution in [0.3, 0.4) is 0 Å². The molecule has 2 aromatic rings. The SMILES string of the molecule is COc1ccc2c(c1)C(=O)N(C[C@@]1(c3csc(NC(C)C)n3)CC(=O)NC1=O)C2. The summed E-state index contributed by atoms with van der Waals surface area (Å²) in [5.41, 5.74) is 0.753. The fourth-order valence-electron chi connectivity index (χ4n) is 3.79. The highest BCUT2D eigenvalue weighted by Crippen LogP contribution is 2.38. The maximum atomic E-state index is 13.0. The minimum Gasteiger partial charge on any atom is -0.497 e. The van der Waals surface area contributed by atoms with Crippen LogP contribution in [0, 0.1) is 0 Å². The quantitative estimate of drug-likeness (QED) is 0.701. The standard InChI is InChI=1S/C20H22N4O4S/c1-11(2)21-19-22-15(9-29-19)20(7-16(25)23-18(20)27)10-24-8-12-4-5-13(28-3)6-14(12)17(24)26/h4-6,9,11H,7-8,10H2,1-3H3,(H,21,22)(H,23,25,27)/t20-/m1/s1. The van der Waals surface area contributed by atoms with Gasteiger partial charge in [-0.1, -0.05) is 6.07 Å². The van der Waals surface area contributed by atoms with E-state index in [-0.39, 0.29) is 30.8 Å². The van der Waals surface area contributed by atoms with Crippen molar-refractivity contribution >= 4 is 34.2 Å². The maximum absolute atomic E-state index is 13.0. The molecule has 3 amide bonds. The first-order valence-electron chi connectivity index (χ1n) is 9.35. The topological polar surface area (TPSA) is 101 Å². The van der Waals surface area contributed by atoms with Gasteiger partial charge < -0.3 is 15.0 Å². The number of methoxy groups -OCH3 is 1. The smallest absolute Gasteiger partial charge is 0.254 e. The van der Waals surface area contributed by atoms with Crippen molar-refractivity contribution in [3.05, 3.63) is 40.4 Å². The highest BCUT2D eigenvalue weighted by atomic mass is 32.1. The largest absolute Gasteiger partial charge is 0.497 e. The predicted molar refractivity (Wildman–Crippen MR) is 108 cm³/mol. The second-order valence-corrected chi connectivity index (χ2v) is 8.52. The Balaban J connectivity index is 1.66. The van der Waals surface area contributed by atoms with Gasteiger partial charge in [0.15, 0.2) is 5.13 Å². The van der Waals surface area contributed by atoms with E-state index in [9.17, 15) is 14.4 Å². The molecule has 0 spiro atoms. The summed E-state index contributed by atoms with van der Waals surface area (Å²) in [4.78, 5) is 44.1. The zero-order valence-electron chi connectivity index (χ0n) is 16.4. The highest BCUT2D eigenvalue weighted by molar-refractivity contribution is 7.13. The molecule has 1 aromatic heterocycles.